The van der Waals surface area contributed by atoms with Crippen molar-refractivity contribution in [3.63, 3.8) is 0 Å². The predicted octanol–water partition coefficient (Wildman–Crippen LogP) is 3.42. The van der Waals surface area contributed by atoms with Gasteiger partial charge in [0, 0.05) is 36.6 Å². The van der Waals surface area contributed by atoms with Gasteiger partial charge in [0.15, 0.2) is 0 Å². The molecule has 1 heterocycles. The number of ether oxygens (including phenoxy) is 1. The number of hydrogen-bond donors (Lipinski definition) is 0. The van der Waals surface area contributed by atoms with Gasteiger partial charge in [-0.05, 0) is 12.1 Å². The Kier molecular flexibility index (Phi) is 5.00. The zero-order chi connectivity index (χ0) is 13.8. The molecule has 1 fully saturated rings. The van der Waals surface area contributed by atoms with Crippen molar-refractivity contribution in [2.45, 2.75) is 12.5 Å². The molecule has 1 aliphatic rings. The zero-order valence-electron chi connectivity index (χ0n) is 10.2. The summed E-state index contributed by atoms with van der Waals surface area (Å²) in [6.45, 7) is 2.59. The van der Waals surface area contributed by atoms with Crippen LogP contribution in [0.4, 0.5) is 4.39 Å². The largest absolute Gasteiger partial charge is 0.371 e. The molecule has 0 aliphatic carbocycles. The fraction of sp³-hybridized carbons (Fsp3) is 0.462. The quantitative estimate of drug-likeness (QED) is 0.803. The molecule has 0 bridgehead atoms. The van der Waals surface area contributed by atoms with Gasteiger partial charge in [0.05, 0.1) is 23.8 Å². The molecule has 0 aromatic heterocycles. The highest BCUT2D eigenvalue weighted by Gasteiger charge is 2.24. The number of morpholine rings is 1. The predicted molar refractivity (Wildman–Crippen MR) is 71.8 cm³/mol. The van der Waals surface area contributed by atoms with E-state index in [2.05, 4.69) is 11.0 Å². The third kappa shape index (κ3) is 3.58. The van der Waals surface area contributed by atoms with Crippen molar-refractivity contribution in [1.82, 2.24) is 4.90 Å². The number of benzene rings is 1. The lowest BCUT2D eigenvalue weighted by atomic mass is 10.1. The summed E-state index contributed by atoms with van der Waals surface area (Å²) < 4.78 is 19.1. The minimum absolute atomic E-state index is 0.00546. The van der Waals surface area contributed by atoms with Crippen molar-refractivity contribution in [2.24, 2.45) is 0 Å². The summed E-state index contributed by atoms with van der Waals surface area (Å²) in [5.41, 5.74) is 0.602. The highest BCUT2D eigenvalue weighted by atomic mass is 35.5. The number of nitriles is 1. The van der Waals surface area contributed by atoms with Gasteiger partial charge in [-0.2, -0.15) is 5.26 Å². The highest BCUT2D eigenvalue weighted by molar-refractivity contribution is 6.35. The van der Waals surface area contributed by atoms with Crippen molar-refractivity contribution >= 4 is 23.2 Å². The monoisotopic (exact) mass is 302 g/mol. The second kappa shape index (κ2) is 6.53. The molecule has 1 unspecified atom stereocenters. The van der Waals surface area contributed by atoms with Crippen LogP contribution in [0.15, 0.2) is 12.1 Å². The molecule has 19 heavy (non-hydrogen) atoms. The maximum Gasteiger partial charge on any atom is 0.142 e. The van der Waals surface area contributed by atoms with Crippen LogP contribution in [0.5, 0.6) is 0 Å². The van der Waals surface area contributed by atoms with E-state index < -0.39 is 5.82 Å². The van der Waals surface area contributed by atoms with Crippen LogP contribution in [0.3, 0.4) is 0 Å². The van der Waals surface area contributed by atoms with Crippen molar-refractivity contribution < 1.29 is 9.13 Å². The molecule has 1 aliphatic heterocycles. The second-order valence-corrected chi connectivity index (χ2v) is 5.17. The fourth-order valence-corrected chi connectivity index (χ4v) is 2.59. The number of halogens is 3. The Balaban J connectivity index is 2.13. The van der Waals surface area contributed by atoms with Crippen molar-refractivity contribution in [2.75, 3.05) is 26.2 Å². The van der Waals surface area contributed by atoms with Crippen LogP contribution >= 0.6 is 23.2 Å². The molecule has 0 amide bonds. The molecule has 0 spiro atoms. The average Bonchev–Trinajstić information content (AvgIpc) is 2.41. The first-order valence-corrected chi connectivity index (χ1v) is 6.72. The summed E-state index contributed by atoms with van der Waals surface area (Å²) in [6, 6.07) is 4.83. The minimum atomic E-state index is -0.501. The van der Waals surface area contributed by atoms with Gasteiger partial charge in [-0.25, -0.2) is 4.39 Å². The Morgan fingerprint density at radius 1 is 1.42 bits per heavy atom. The molecule has 0 N–H and O–H groups in total. The number of hydrogen-bond acceptors (Lipinski definition) is 3. The smallest absolute Gasteiger partial charge is 0.142 e. The minimum Gasteiger partial charge on any atom is -0.371 e. The molecule has 3 nitrogen and oxygen atoms in total. The molecule has 0 saturated carbocycles. The lowest BCUT2D eigenvalue weighted by Crippen LogP contribution is -2.38. The third-order valence-corrected chi connectivity index (χ3v) is 3.69. The van der Waals surface area contributed by atoms with E-state index in [9.17, 15) is 4.39 Å². The van der Waals surface area contributed by atoms with E-state index in [1.807, 2.05) is 0 Å². The molecule has 1 atom stereocenters. The number of rotatable bonds is 3. The Labute approximate surface area is 121 Å². The van der Waals surface area contributed by atoms with Crippen LogP contribution in [0.1, 0.15) is 18.1 Å². The van der Waals surface area contributed by atoms with Gasteiger partial charge in [-0.3, -0.25) is 4.90 Å². The average molecular weight is 303 g/mol. The van der Waals surface area contributed by atoms with Gasteiger partial charge >= 0.3 is 0 Å². The first-order chi connectivity index (χ1) is 9.11. The lowest BCUT2D eigenvalue weighted by Gasteiger charge is -2.33. The Hall–Kier alpha value is -0.860. The first kappa shape index (κ1) is 14.5. The molecule has 2 rings (SSSR count). The second-order valence-electron chi connectivity index (χ2n) is 4.36. The van der Waals surface area contributed by atoms with E-state index in [4.69, 9.17) is 33.2 Å². The van der Waals surface area contributed by atoms with E-state index in [1.54, 1.807) is 0 Å². The van der Waals surface area contributed by atoms with E-state index in [0.29, 0.717) is 36.7 Å². The summed E-state index contributed by atoms with van der Waals surface area (Å²) >= 11 is 11.8. The van der Waals surface area contributed by atoms with Crippen LogP contribution in [0.2, 0.25) is 10.0 Å². The Morgan fingerprint density at radius 2 is 2.21 bits per heavy atom. The maximum absolute atomic E-state index is 13.5. The van der Waals surface area contributed by atoms with Gasteiger partial charge in [0.2, 0.25) is 0 Å². The molecule has 1 aromatic rings. The molecular weight excluding hydrogens is 290 g/mol. The normalized spacial score (nSPS) is 20.2. The van der Waals surface area contributed by atoms with Crippen LogP contribution in [0, 0.1) is 17.1 Å². The summed E-state index contributed by atoms with van der Waals surface area (Å²) in [5, 5.41) is 9.00. The summed E-state index contributed by atoms with van der Waals surface area (Å²) in [7, 11) is 0. The Morgan fingerprint density at radius 3 is 2.95 bits per heavy atom. The standard InChI is InChI=1S/C13H13Cl2FN2O/c14-10-7-11(15)12(16)6-9(10)13-8-18(3-1-2-17)4-5-19-13/h6-7,13H,1,3-5,8H2. The summed E-state index contributed by atoms with van der Waals surface area (Å²) in [5.74, 6) is -0.501. The van der Waals surface area contributed by atoms with Crippen molar-refractivity contribution in [3.8, 4) is 6.07 Å². The molecule has 102 valence electrons. The fourth-order valence-electron chi connectivity index (χ4n) is 2.09. The SMILES string of the molecule is N#CCCN1CCOC(c2cc(F)c(Cl)cc2Cl)C1. The van der Waals surface area contributed by atoms with E-state index in [1.165, 1.54) is 12.1 Å². The van der Waals surface area contributed by atoms with Crippen LogP contribution in [-0.4, -0.2) is 31.1 Å². The molecule has 1 saturated heterocycles. The molecular formula is C13H13Cl2FN2O. The number of nitrogens with zero attached hydrogens (tertiary/aromatic N) is 2. The van der Waals surface area contributed by atoms with Gasteiger partial charge in [-0.15, -0.1) is 0 Å². The van der Waals surface area contributed by atoms with Gasteiger partial charge in [0.25, 0.3) is 0 Å². The van der Waals surface area contributed by atoms with E-state index in [0.717, 1.165) is 6.54 Å². The first-order valence-electron chi connectivity index (χ1n) is 5.97. The highest BCUT2D eigenvalue weighted by Crippen LogP contribution is 2.32. The molecule has 1 aromatic carbocycles. The van der Waals surface area contributed by atoms with E-state index >= 15 is 0 Å². The maximum atomic E-state index is 13.5. The van der Waals surface area contributed by atoms with Crippen LogP contribution in [-0.2, 0) is 4.74 Å². The molecule has 0 radical (unpaired) electrons. The van der Waals surface area contributed by atoms with Gasteiger partial charge < -0.3 is 4.74 Å². The van der Waals surface area contributed by atoms with Crippen molar-refractivity contribution in [3.05, 3.63) is 33.6 Å². The van der Waals surface area contributed by atoms with Gasteiger partial charge in [0.1, 0.15) is 5.82 Å². The topological polar surface area (TPSA) is 36.3 Å². The third-order valence-electron chi connectivity index (χ3n) is 3.08. The van der Waals surface area contributed by atoms with E-state index in [-0.39, 0.29) is 11.1 Å². The van der Waals surface area contributed by atoms with Crippen LogP contribution in [0.25, 0.3) is 0 Å². The van der Waals surface area contributed by atoms with Gasteiger partial charge in [-0.1, -0.05) is 23.2 Å². The van der Waals surface area contributed by atoms with Crippen molar-refractivity contribution in [1.29, 1.82) is 5.26 Å². The van der Waals surface area contributed by atoms with Crippen LogP contribution < -0.4 is 0 Å². The summed E-state index contributed by atoms with van der Waals surface area (Å²) in [6.07, 6.45) is 0.182. The Bertz CT molecular complexity index is 504. The summed E-state index contributed by atoms with van der Waals surface area (Å²) in [4.78, 5) is 2.11. The molecule has 6 heteroatoms. The lowest BCUT2D eigenvalue weighted by molar-refractivity contribution is -0.0293. The zero-order valence-corrected chi connectivity index (χ0v) is 11.7.